The molecule has 0 atom stereocenters. The number of hydrogen-bond donors (Lipinski definition) is 3. The van der Waals surface area contributed by atoms with Gasteiger partial charge in [0.25, 0.3) is 5.91 Å². The van der Waals surface area contributed by atoms with Crippen molar-refractivity contribution in [2.24, 2.45) is 0 Å². The monoisotopic (exact) mass is 420 g/mol. The molecule has 1 aliphatic rings. The first-order chi connectivity index (χ1) is 14.0. The van der Waals surface area contributed by atoms with E-state index < -0.39 is 0 Å². The Kier molecular flexibility index (Phi) is 7.30. The number of quaternary nitrogens is 2. The van der Waals surface area contributed by atoms with Crippen molar-refractivity contribution in [1.82, 2.24) is 4.98 Å². The average Bonchev–Trinajstić information content (AvgIpc) is 2.72. The van der Waals surface area contributed by atoms with E-state index in [9.17, 15) is 4.79 Å². The molecule has 0 unspecified atom stereocenters. The molecule has 8 heteroatoms. The number of carbonyl (C=O) groups excluding carboxylic acids is 1. The van der Waals surface area contributed by atoms with Crippen LogP contribution in [0.3, 0.4) is 0 Å². The van der Waals surface area contributed by atoms with Crippen LogP contribution in [0.4, 0.5) is 5.69 Å². The molecule has 29 heavy (non-hydrogen) atoms. The highest BCUT2D eigenvalue weighted by Gasteiger charge is 2.26. The van der Waals surface area contributed by atoms with Gasteiger partial charge >= 0.3 is 0 Å². The maximum Gasteiger partial charge on any atom is 0.279 e. The maximum atomic E-state index is 12.3. The highest BCUT2D eigenvalue weighted by molar-refractivity contribution is 6.32. The lowest BCUT2D eigenvalue weighted by molar-refractivity contribution is -1.02. The van der Waals surface area contributed by atoms with E-state index >= 15 is 0 Å². The van der Waals surface area contributed by atoms with Crippen molar-refractivity contribution in [1.29, 1.82) is 0 Å². The van der Waals surface area contributed by atoms with Gasteiger partial charge in [-0.25, -0.2) is 4.98 Å². The Bertz CT molecular complexity index is 854. The van der Waals surface area contributed by atoms with Crippen molar-refractivity contribution in [2.75, 3.05) is 52.3 Å². The van der Waals surface area contributed by atoms with Gasteiger partial charge in [-0.15, -0.1) is 0 Å². The molecule has 3 N–H and O–H groups in total. The lowest BCUT2D eigenvalue weighted by Crippen LogP contribution is -3.28. The molecule has 1 aromatic heterocycles. The van der Waals surface area contributed by atoms with Crippen molar-refractivity contribution >= 4 is 23.2 Å². The number of ether oxygens (including phenoxy) is 2. The number of rotatable bonds is 7. The number of halogens is 1. The molecule has 1 aliphatic heterocycles. The highest BCUT2D eigenvalue weighted by Crippen LogP contribution is 2.29. The molecule has 0 radical (unpaired) electrons. The third-order valence-electron chi connectivity index (χ3n) is 5.39. The first-order valence-corrected chi connectivity index (χ1v) is 10.2. The molecule has 2 aromatic rings. The molecule has 0 saturated carbocycles. The summed E-state index contributed by atoms with van der Waals surface area (Å²) >= 11 is 6.01. The van der Waals surface area contributed by atoms with Gasteiger partial charge < -0.3 is 24.6 Å². The van der Waals surface area contributed by atoms with Gasteiger partial charge in [-0.3, -0.25) is 4.79 Å². The third-order valence-corrected chi connectivity index (χ3v) is 5.69. The number of anilines is 1. The third kappa shape index (κ3) is 5.59. The topological polar surface area (TPSA) is 69.3 Å². The number of nitrogens with one attached hydrogen (secondary N) is 3. The van der Waals surface area contributed by atoms with E-state index in [4.69, 9.17) is 21.1 Å². The summed E-state index contributed by atoms with van der Waals surface area (Å²) in [5.41, 5.74) is 3.04. The van der Waals surface area contributed by atoms with Crippen LogP contribution < -0.4 is 24.6 Å². The molecule has 0 spiro atoms. The van der Waals surface area contributed by atoms with E-state index in [2.05, 4.69) is 23.3 Å². The summed E-state index contributed by atoms with van der Waals surface area (Å²) in [7, 11) is 3.32. The second-order valence-electron chi connectivity index (χ2n) is 7.38. The minimum atomic E-state index is -0.0333. The van der Waals surface area contributed by atoms with E-state index in [1.54, 1.807) is 32.5 Å². The Labute approximate surface area is 176 Å². The van der Waals surface area contributed by atoms with Gasteiger partial charge in [-0.1, -0.05) is 11.6 Å². The Morgan fingerprint density at radius 1 is 1.14 bits per heavy atom. The lowest BCUT2D eigenvalue weighted by Gasteiger charge is -2.29. The summed E-state index contributed by atoms with van der Waals surface area (Å²) in [5.74, 6) is 1.49. The Morgan fingerprint density at radius 2 is 1.79 bits per heavy atom. The number of methoxy groups -OCH3 is 2. The second kappa shape index (κ2) is 9.91. The zero-order chi connectivity index (χ0) is 20.8. The summed E-state index contributed by atoms with van der Waals surface area (Å²) < 4.78 is 10.8. The van der Waals surface area contributed by atoms with E-state index in [0.29, 0.717) is 17.4 Å². The normalized spacial score (nSPS) is 18.9. The quantitative estimate of drug-likeness (QED) is 0.551. The summed E-state index contributed by atoms with van der Waals surface area (Å²) in [6, 6.07) is 7.62. The molecule has 3 rings (SSSR count). The summed E-state index contributed by atoms with van der Waals surface area (Å²) in [4.78, 5) is 19.1. The summed E-state index contributed by atoms with van der Waals surface area (Å²) in [6.45, 7) is 7.43. The van der Waals surface area contributed by atoms with Gasteiger partial charge in [0.2, 0.25) is 0 Å². The predicted octanol–water partition coefficient (Wildman–Crippen LogP) is -0.0173. The number of aryl methyl sites for hydroxylation is 1. The molecule has 7 nitrogen and oxygen atoms in total. The van der Waals surface area contributed by atoms with Gasteiger partial charge in [0, 0.05) is 11.8 Å². The molecular weight excluding hydrogens is 392 g/mol. The maximum absolute atomic E-state index is 12.3. The molecule has 1 amide bonds. The van der Waals surface area contributed by atoms with Gasteiger partial charge in [0.15, 0.2) is 23.2 Å². The van der Waals surface area contributed by atoms with Crippen LogP contribution in [0.1, 0.15) is 11.1 Å². The van der Waals surface area contributed by atoms with Gasteiger partial charge in [0.1, 0.15) is 32.7 Å². The van der Waals surface area contributed by atoms with E-state index in [1.807, 2.05) is 6.07 Å². The second-order valence-corrected chi connectivity index (χ2v) is 7.74. The van der Waals surface area contributed by atoms with E-state index in [-0.39, 0.29) is 5.91 Å². The van der Waals surface area contributed by atoms with E-state index in [1.165, 1.54) is 20.9 Å². The number of nitrogens with zero attached hydrogens (tertiary/aromatic N) is 1. The van der Waals surface area contributed by atoms with Crippen molar-refractivity contribution in [3.63, 3.8) is 0 Å². The fourth-order valence-electron chi connectivity index (χ4n) is 3.69. The standard InChI is InChI=1S/C21H27ClN4O3/c1-15-11-18(28-2)19(29-3)12-16(15)13-25-7-9-26(10-8-25)14-20(27)24-17-5-4-6-23-21(17)22/h4-6,11-12H,7-10,13-14H2,1-3H3,(H,24,27)/p+2. The number of carbonyl (C=O) groups is 1. The zero-order valence-electron chi connectivity index (χ0n) is 17.2. The Morgan fingerprint density at radius 3 is 2.45 bits per heavy atom. The van der Waals surface area contributed by atoms with Crippen molar-refractivity contribution < 1.29 is 24.1 Å². The minimum absolute atomic E-state index is 0.0333. The fourth-order valence-corrected chi connectivity index (χ4v) is 3.86. The number of amides is 1. The number of pyridine rings is 1. The molecular formula is C21H29ClN4O3+2. The molecule has 1 saturated heterocycles. The lowest BCUT2D eigenvalue weighted by atomic mass is 10.1. The Balaban J connectivity index is 1.51. The van der Waals surface area contributed by atoms with Crippen molar-refractivity contribution in [2.45, 2.75) is 13.5 Å². The smallest absolute Gasteiger partial charge is 0.279 e. The Hall–Kier alpha value is -2.35. The molecule has 156 valence electrons. The van der Waals surface area contributed by atoms with Gasteiger partial charge in [0.05, 0.1) is 19.9 Å². The molecule has 0 aliphatic carbocycles. The fraction of sp³-hybridized carbons (Fsp3) is 0.429. The average molecular weight is 421 g/mol. The van der Waals surface area contributed by atoms with Crippen LogP contribution in [0.5, 0.6) is 11.5 Å². The van der Waals surface area contributed by atoms with Crippen LogP contribution in [-0.2, 0) is 11.3 Å². The number of aromatic nitrogens is 1. The van der Waals surface area contributed by atoms with Crippen LogP contribution in [-0.4, -0.2) is 57.8 Å². The van der Waals surface area contributed by atoms with Crippen LogP contribution in [0.2, 0.25) is 5.15 Å². The molecule has 1 fully saturated rings. The van der Waals surface area contributed by atoms with Gasteiger partial charge in [-0.2, -0.15) is 0 Å². The van der Waals surface area contributed by atoms with Crippen LogP contribution in [0.25, 0.3) is 0 Å². The zero-order valence-corrected chi connectivity index (χ0v) is 17.9. The SMILES string of the molecule is COc1cc(C)c(C[NH+]2CC[NH+](CC(=O)Nc3cccnc3Cl)CC2)cc1OC. The summed E-state index contributed by atoms with van der Waals surface area (Å²) in [5, 5.41) is 3.17. The number of piperazine rings is 1. The number of benzene rings is 1. The molecule has 0 bridgehead atoms. The minimum Gasteiger partial charge on any atom is -0.493 e. The van der Waals surface area contributed by atoms with Crippen molar-refractivity contribution in [3.05, 3.63) is 46.7 Å². The molecule has 1 aromatic carbocycles. The van der Waals surface area contributed by atoms with Crippen LogP contribution in [0.15, 0.2) is 30.5 Å². The van der Waals surface area contributed by atoms with Crippen LogP contribution in [0, 0.1) is 6.92 Å². The van der Waals surface area contributed by atoms with Gasteiger partial charge in [-0.05, 0) is 36.8 Å². The molecule has 2 heterocycles. The number of hydrogen-bond acceptors (Lipinski definition) is 4. The predicted molar refractivity (Wildman–Crippen MR) is 112 cm³/mol. The van der Waals surface area contributed by atoms with E-state index in [0.717, 1.165) is 44.2 Å². The van der Waals surface area contributed by atoms with Crippen molar-refractivity contribution in [3.8, 4) is 11.5 Å². The van der Waals surface area contributed by atoms with Crippen LogP contribution >= 0.6 is 11.6 Å². The summed E-state index contributed by atoms with van der Waals surface area (Å²) in [6.07, 6.45) is 1.60. The highest BCUT2D eigenvalue weighted by atomic mass is 35.5. The first-order valence-electron chi connectivity index (χ1n) is 9.79. The largest absolute Gasteiger partial charge is 0.493 e. The first kappa shape index (κ1) is 21.4.